The van der Waals surface area contributed by atoms with Crippen LogP contribution in [0.1, 0.15) is 25.3 Å². The summed E-state index contributed by atoms with van der Waals surface area (Å²) in [4.78, 5) is 25.6. The fraction of sp³-hybridized carbons (Fsp3) is 0.450. The first-order valence-electron chi connectivity index (χ1n) is 9.87. The van der Waals surface area contributed by atoms with Crippen LogP contribution in [0.2, 0.25) is 0 Å². The lowest BCUT2D eigenvalue weighted by Crippen LogP contribution is -2.42. The number of rotatable bonds is 5. The van der Waals surface area contributed by atoms with Gasteiger partial charge in [0.15, 0.2) is 5.58 Å². The lowest BCUT2D eigenvalue weighted by molar-refractivity contribution is -0.274. The first-order valence-corrected chi connectivity index (χ1v) is 9.87. The molecule has 170 valence electrons. The van der Waals surface area contributed by atoms with Crippen molar-refractivity contribution in [3.05, 3.63) is 57.0 Å². The van der Waals surface area contributed by atoms with Gasteiger partial charge in [-0.2, -0.15) is 0 Å². The summed E-state index contributed by atoms with van der Waals surface area (Å²) in [5, 5.41) is 13.3. The van der Waals surface area contributed by atoms with Gasteiger partial charge < -0.3 is 19.1 Å². The van der Waals surface area contributed by atoms with E-state index in [1.807, 2.05) is 6.92 Å². The molecule has 0 spiro atoms. The van der Waals surface area contributed by atoms with Gasteiger partial charge in [0.2, 0.25) is 0 Å². The van der Waals surface area contributed by atoms with Crippen LogP contribution in [0.5, 0.6) is 5.75 Å². The number of alkyl halides is 3. The first-order chi connectivity index (χ1) is 15.1. The van der Waals surface area contributed by atoms with Gasteiger partial charge in [-0.05, 0) is 24.5 Å². The minimum atomic E-state index is -4.95. The molecule has 1 saturated carbocycles. The molecule has 1 saturated heterocycles. The summed E-state index contributed by atoms with van der Waals surface area (Å²) < 4.78 is 55.6. The topological polar surface area (TPSA) is 109 Å². The SMILES string of the molecule is C[C@H]1C2CC2(CO)O[C@H]1n1ccc(=O)n(Cc2noc3cccc(OC(F)(F)F)c23)c1=O. The standard InChI is InChI=1S/C20H18F3N3O6/c1-10-11-7-19(11,9-27)31-17(10)25-6-5-15(28)26(18(25)29)8-12-16-13(30-20(21,22)23)3-2-4-14(16)32-24-12/h2-6,10-11,17,27H,7-9H2,1H3/t10-,11?,17+,19?/m0/s1. The number of aromatic nitrogens is 3. The Kier molecular flexibility index (Phi) is 4.50. The van der Waals surface area contributed by atoms with Crippen molar-refractivity contribution in [2.45, 2.75) is 38.1 Å². The van der Waals surface area contributed by atoms with E-state index in [1.54, 1.807) is 0 Å². The maximum atomic E-state index is 13.1. The summed E-state index contributed by atoms with van der Waals surface area (Å²) in [6.07, 6.45) is -3.61. The van der Waals surface area contributed by atoms with Gasteiger partial charge in [-0.15, -0.1) is 13.2 Å². The van der Waals surface area contributed by atoms with Gasteiger partial charge in [-0.1, -0.05) is 18.1 Å². The molecule has 0 amide bonds. The van der Waals surface area contributed by atoms with Gasteiger partial charge >= 0.3 is 12.1 Å². The smallest absolute Gasteiger partial charge is 0.405 e. The van der Waals surface area contributed by atoms with E-state index in [1.165, 1.54) is 29.0 Å². The maximum absolute atomic E-state index is 13.1. The number of ether oxygens (including phenoxy) is 2. The predicted molar refractivity (Wildman–Crippen MR) is 102 cm³/mol. The van der Waals surface area contributed by atoms with E-state index in [9.17, 15) is 27.9 Å². The monoisotopic (exact) mass is 453 g/mol. The molecule has 1 aromatic carbocycles. The Morgan fingerprint density at radius 3 is 2.78 bits per heavy atom. The number of hydrogen-bond acceptors (Lipinski definition) is 7. The minimum Gasteiger partial charge on any atom is -0.405 e. The molecule has 2 aromatic heterocycles. The molecule has 9 nitrogen and oxygen atoms in total. The van der Waals surface area contributed by atoms with Crippen LogP contribution in [-0.4, -0.2) is 38.0 Å². The third kappa shape index (κ3) is 3.21. The molecule has 1 aliphatic carbocycles. The maximum Gasteiger partial charge on any atom is 0.573 e. The Balaban J connectivity index is 1.54. The van der Waals surface area contributed by atoms with Crippen molar-refractivity contribution in [2.24, 2.45) is 11.8 Å². The molecule has 0 radical (unpaired) electrons. The second-order valence-electron chi connectivity index (χ2n) is 8.14. The normalized spacial score (nSPS) is 27.0. The summed E-state index contributed by atoms with van der Waals surface area (Å²) in [7, 11) is 0. The highest BCUT2D eigenvalue weighted by Gasteiger charge is 2.66. The lowest BCUT2D eigenvalue weighted by Gasteiger charge is -2.23. The van der Waals surface area contributed by atoms with E-state index in [4.69, 9.17) is 9.26 Å². The fourth-order valence-corrected chi connectivity index (χ4v) is 4.55. The summed E-state index contributed by atoms with van der Waals surface area (Å²) in [6.45, 7) is 1.30. The van der Waals surface area contributed by atoms with E-state index < -0.39 is 41.7 Å². The number of aliphatic hydroxyl groups is 1. The molecule has 3 aromatic rings. The fourth-order valence-electron chi connectivity index (χ4n) is 4.55. The van der Waals surface area contributed by atoms with Gasteiger partial charge in [0.25, 0.3) is 5.56 Å². The number of hydrogen-bond donors (Lipinski definition) is 1. The third-order valence-corrected chi connectivity index (χ3v) is 6.22. The highest BCUT2D eigenvalue weighted by atomic mass is 19.4. The number of aliphatic hydroxyl groups excluding tert-OH is 1. The Morgan fingerprint density at radius 1 is 1.31 bits per heavy atom. The Morgan fingerprint density at radius 2 is 2.09 bits per heavy atom. The van der Waals surface area contributed by atoms with Crippen molar-refractivity contribution < 1.29 is 32.3 Å². The largest absolute Gasteiger partial charge is 0.573 e. The molecule has 0 bridgehead atoms. The zero-order chi connectivity index (χ0) is 22.8. The van der Waals surface area contributed by atoms with Crippen molar-refractivity contribution in [1.82, 2.24) is 14.3 Å². The van der Waals surface area contributed by atoms with Gasteiger partial charge in [0.05, 0.1) is 24.1 Å². The van der Waals surface area contributed by atoms with Gasteiger partial charge in [-0.3, -0.25) is 13.9 Å². The van der Waals surface area contributed by atoms with Crippen LogP contribution in [0, 0.1) is 11.8 Å². The van der Waals surface area contributed by atoms with E-state index in [0.29, 0.717) is 6.42 Å². The third-order valence-electron chi connectivity index (χ3n) is 6.22. The molecule has 1 aliphatic heterocycles. The van der Waals surface area contributed by atoms with Crippen LogP contribution in [0.25, 0.3) is 11.0 Å². The highest BCUT2D eigenvalue weighted by Crippen LogP contribution is 2.61. The Hall–Kier alpha value is -3.12. The lowest BCUT2D eigenvalue weighted by atomic mass is 10.0. The summed E-state index contributed by atoms with van der Waals surface area (Å²) in [6, 6.07) is 4.97. The van der Waals surface area contributed by atoms with Gasteiger partial charge in [0, 0.05) is 18.2 Å². The van der Waals surface area contributed by atoms with Crippen LogP contribution in [0.4, 0.5) is 13.2 Å². The molecule has 5 rings (SSSR count). The molecule has 4 atom stereocenters. The number of nitrogens with zero attached hydrogens (tertiary/aromatic N) is 3. The van der Waals surface area contributed by atoms with E-state index >= 15 is 0 Å². The molecule has 2 unspecified atom stereocenters. The number of fused-ring (bicyclic) bond motifs is 2. The van der Waals surface area contributed by atoms with Gasteiger partial charge in [-0.25, -0.2) is 4.79 Å². The molecule has 2 fully saturated rings. The molecule has 2 aliphatic rings. The number of benzene rings is 1. The van der Waals surface area contributed by atoms with Crippen LogP contribution in [0.3, 0.4) is 0 Å². The van der Waals surface area contributed by atoms with Gasteiger partial charge in [0.1, 0.15) is 17.7 Å². The summed E-state index contributed by atoms with van der Waals surface area (Å²) in [5.41, 5.74) is -2.09. The van der Waals surface area contributed by atoms with Crippen LogP contribution < -0.4 is 16.0 Å². The highest BCUT2D eigenvalue weighted by molar-refractivity contribution is 5.86. The molecule has 32 heavy (non-hydrogen) atoms. The Labute approximate surface area is 177 Å². The molecular weight excluding hydrogens is 435 g/mol. The van der Waals surface area contributed by atoms with Crippen molar-refractivity contribution >= 4 is 11.0 Å². The van der Waals surface area contributed by atoms with Crippen LogP contribution in [0.15, 0.2) is 44.6 Å². The summed E-state index contributed by atoms with van der Waals surface area (Å²) >= 11 is 0. The molecule has 12 heteroatoms. The van der Waals surface area contributed by atoms with E-state index in [2.05, 4.69) is 9.89 Å². The van der Waals surface area contributed by atoms with Crippen molar-refractivity contribution in [3.63, 3.8) is 0 Å². The average molecular weight is 453 g/mol. The van der Waals surface area contributed by atoms with E-state index in [0.717, 1.165) is 10.6 Å². The molecule has 1 N–H and O–H groups in total. The molecular formula is C20H18F3N3O6. The summed E-state index contributed by atoms with van der Waals surface area (Å²) in [5.74, 6) is -0.523. The predicted octanol–water partition coefficient (Wildman–Crippen LogP) is 2.01. The Bertz CT molecular complexity index is 1310. The van der Waals surface area contributed by atoms with Crippen molar-refractivity contribution in [3.8, 4) is 5.75 Å². The van der Waals surface area contributed by atoms with Crippen molar-refractivity contribution in [1.29, 1.82) is 0 Å². The number of halogens is 3. The zero-order valence-electron chi connectivity index (χ0n) is 16.7. The average Bonchev–Trinajstić information content (AvgIpc) is 3.19. The van der Waals surface area contributed by atoms with Crippen LogP contribution >= 0.6 is 0 Å². The minimum absolute atomic E-state index is 0.0174. The zero-order valence-corrected chi connectivity index (χ0v) is 16.7. The molecule has 3 heterocycles. The van der Waals surface area contributed by atoms with Crippen molar-refractivity contribution in [2.75, 3.05) is 6.61 Å². The second kappa shape index (κ2) is 6.94. The van der Waals surface area contributed by atoms with E-state index in [-0.39, 0.29) is 35.1 Å². The first kappa shape index (κ1) is 20.8. The second-order valence-corrected chi connectivity index (χ2v) is 8.14. The quantitative estimate of drug-likeness (QED) is 0.630. The van der Waals surface area contributed by atoms with Crippen LogP contribution in [-0.2, 0) is 11.3 Å².